The Labute approximate surface area is 226 Å². The predicted octanol–water partition coefficient (Wildman–Crippen LogP) is 5.21. The van der Waals surface area contributed by atoms with Gasteiger partial charge in [0, 0.05) is 12.1 Å². The van der Waals surface area contributed by atoms with Gasteiger partial charge in [0.2, 0.25) is 5.91 Å². The average Bonchev–Trinajstić information content (AvgIpc) is 3.43. The van der Waals surface area contributed by atoms with E-state index in [1.807, 2.05) is 6.92 Å². The van der Waals surface area contributed by atoms with Crippen LogP contribution in [0.25, 0.3) is 0 Å². The van der Waals surface area contributed by atoms with Crippen molar-refractivity contribution >= 4 is 44.8 Å². The van der Waals surface area contributed by atoms with Crippen molar-refractivity contribution in [1.82, 2.24) is 0 Å². The van der Waals surface area contributed by atoms with Crippen molar-refractivity contribution in [1.29, 1.82) is 0 Å². The van der Waals surface area contributed by atoms with Gasteiger partial charge in [-0.3, -0.25) is 24.5 Å². The molecule has 0 N–H and O–H groups in total. The fraction of sp³-hybridized carbons (Fsp3) is 0.259. The third-order valence-electron chi connectivity index (χ3n) is 6.50. The van der Waals surface area contributed by atoms with Crippen molar-refractivity contribution in [3.05, 3.63) is 86.9 Å². The number of carbonyl (C=O) groups is 2. The minimum absolute atomic E-state index is 0.137. The highest BCUT2D eigenvalue weighted by atomic mass is 79.9. The molecule has 3 aromatic rings. The van der Waals surface area contributed by atoms with Crippen molar-refractivity contribution in [3.8, 4) is 11.5 Å². The molecule has 2 saturated heterocycles. The van der Waals surface area contributed by atoms with Gasteiger partial charge in [0.05, 0.1) is 40.5 Å². The number of anilines is 2. The number of imide groups is 1. The number of rotatable bonds is 8. The first-order chi connectivity index (χ1) is 18.3. The maximum Gasteiger partial charge on any atom is 0.271 e. The smallest absolute Gasteiger partial charge is 0.271 e. The predicted molar refractivity (Wildman–Crippen MR) is 142 cm³/mol. The second-order valence-electron chi connectivity index (χ2n) is 8.85. The summed E-state index contributed by atoms with van der Waals surface area (Å²) in [7, 11) is 1.54. The summed E-state index contributed by atoms with van der Waals surface area (Å²) in [6.07, 6.45) is -0.251. The van der Waals surface area contributed by atoms with Crippen LogP contribution < -0.4 is 19.4 Å². The number of non-ortho nitro benzene ring substituents is 1. The van der Waals surface area contributed by atoms with Gasteiger partial charge in [-0.2, -0.15) is 0 Å². The highest BCUT2D eigenvalue weighted by molar-refractivity contribution is 9.10. The van der Waals surface area contributed by atoms with E-state index in [0.29, 0.717) is 39.5 Å². The van der Waals surface area contributed by atoms with E-state index in [0.717, 1.165) is 11.3 Å². The number of fused-ring (bicyclic) bond motifs is 1. The van der Waals surface area contributed by atoms with E-state index in [4.69, 9.17) is 14.3 Å². The van der Waals surface area contributed by atoms with Crippen molar-refractivity contribution < 1.29 is 28.8 Å². The second kappa shape index (κ2) is 10.4. The first-order valence-electron chi connectivity index (χ1n) is 12.0. The number of amides is 2. The van der Waals surface area contributed by atoms with Crippen molar-refractivity contribution in [2.75, 3.05) is 23.7 Å². The molecule has 2 heterocycles. The van der Waals surface area contributed by atoms with Crippen LogP contribution in [0.3, 0.4) is 0 Å². The fourth-order valence-corrected chi connectivity index (χ4v) is 5.31. The standard InChI is InChI=1S/C27H24BrN3O7/c1-3-13-37-20-10-8-17(9-11-20)29-26(32)23-24(16-7-12-22(36-2)21(28)14-16)30(38-25(23)27(29)33)18-5-4-6-19(15-18)31(34)35/h4-12,14-15,23-25H,3,13H2,1-2H3/t23-,24-,25-/m1/s1. The summed E-state index contributed by atoms with van der Waals surface area (Å²) in [5, 5.41) is 12.8. The molecule has 196 valence electrons. The molecule has 0 radical (unpaired) electrons. The van der Waals surface area contributed by atoms with E-state index in [-0.39, 0.29) is 5.69 Å². The summed E-state index contributed by atoms with van der Waals surface area (Å²) in [5.41, 5.74) is 1.30. The molecule has 0 bridgehead atoms. The third-order valence-corrected chi connectivity index (χ3v) is 7.12. The molecule has 2 fully saturated rings. The van der Waals surface area contributed by atoms with E-state index in [1.54, 1.807) is 55.6 Å². The summed E-state index contributed by atoms with van der Waals surface area (Å²) in [6, 6.07) is 17.2. The number of ether oxygens (including phenoxy) is 2. The van der Waals surface area contributed by atoms with Crippen molar-refractivity contribution in [2.24, 2.45) is 5.92 Å². The number of methoxy groups -OCH3 is 1. The Bertz CT molecular complexity index is 1400. The Kier molecular flexibility index (Phi) is 7.04. The van der Waals surface area contributed by atoms with E-state index >= 15 is 0 Å². The van der Waals surface area contributed by atoms with Crippen LogP contribution in [-0.2, 0) is 14.4 Å². The summed E-state index contributed by atoms with van der Waals surface area (Å²) < 4.78 is 11.6. The van der Waals surface area contributed by atoms with E-state index in [2.05, 4.69) is 15.9 Å². The maximum absolute atomic E-state index is 13.8. The van der Waals surface area contributed by atoms with Gasteiger partial charge in [0.25, 0.3) is 11.6 Å². The Morgan fingerprint density at radius 2 is 1.79 bits per heavy atom. The molecule has 0 spiro atoms. The Balaban J connectivity index is 1.54. The van der Waals surface area contributed by atoms with Gasteiger partial charge < -0.3 is 9.47 Å². The van der Waals surface area contributed by atoms with Crippen LogP contribution in [0.15, 0.2) is 71.2 Å². The Hall–Kier alpha value is -3.96. The van der Waals surface area contributed by atoms with Gasteiger partial charge >= 0.3 is 0 Å². The monoisotopic (exact) mass is 581 g/mol. The summed E-state index contributed by atoms with van der Waals surface area (Å²) in [4.78, 5) is 45.5. The largest absolute Gasteiger partial charge is 0.496 e. The molecule has 2 amide bonds. The minimum Gasteiger partial charge on any atom is -0.496 e. The summed E-state index contributed by atoms with van der Waals surface area (Å²) in [5.74, 6) is -0.589. The first kappa shape index (κ1) is 25.7. The average molecular weight is 582 g/mol. The molecular formula is C27H24BrN3O7. The zero-order valence-electron chi connectivity index (χ0n) is 20.6. The number of hydrogen-bond acceptors (Lipinski definition) is 8. The molecular weight excluding hydrogens is 558 g/mol. The van der Waals surface area contributed by atoms with Crippen LogP contribution in [0.4, 0.5) is 17.1 Å². The summed E-state index contributed by atoms with van der Waals surface area (Å²) >= 11 is 3.49. The Morgan fingerprint density at radius 3 is 2.45 bits per heavy atom. The molecule has 0 aliphatic carbocycles. The van der Waals surface area contributed by atoms with E-state index < -0.39 is 34.8 Å². The van der Waals surface area contributed by atoms with E-state index in [1.165, 1.54) is 23.3 Å². The van der Waals surface area contributed by atoms with Gasteiger partial charge in [-0.15, -0.1) is 0 Å². The zero-order chi connectivity index (χ0) is 27.0. The molecule has 10 nitrogen and oxygen atoms in total. The van der Waals surface area contributed by atoms with Crippen molar-refractivity contribution in [2.45, 2.75) is 25.5 Å². The molecule has 0 aromatic heterocycles. The molecule has 2 aliphatic heterocycles. The number of hydrogen-bond donors (Lipinski definition) is 0. The van der Waals surface area contributed by atoms with Gasteiger partial charge in [-0.05, 0) is 70.4 Å². The topological polar surface area (TPSA) is 111 Å². The van der Waals surface area contributed by atoms with Crippen LogP contribution in [-0.4, -0.2) is 36.6 Å². The molecule has 5 rings (SSSR count). The molecule has 11 heteroatoms. The van der Waals surface area contributed by atoms with Crippen LogP contribution in [0.2, 0.25) is 0 Å². The second-order valence-corrected chi connectivity index (χ2v) is 9.70. The van der Waals surface area contributed by atoms with Crippen LogP contribution in [0.5, 0.6) is 11.5 Å². The SMILES string of the molecule is CCCOc1ccc(N2C(=O)[C@@H]3[C@@H](c4ccc(OC)c(Br)c4)N(c4cccc([N+](=O)[O-])c4)O[C@H]3C2=O)cc1. The molecule has 2 aliphatic rings. The minimum atomic E-state index is -1.11. The lowest BCUT2D eigenvalue weighted by Crippen LogP contribution is -2.37. The van der Waals surface area contributed by atoms with Gasteiger partial charge in [0.1, 0.15) is 17.4 Å². The number of hydroxylamine groups is 1. The quantitative estimate of drug-likeness (QED) is 0.202. The highest BCUT2D eigenvalue weighted by Crippen LogP contribution is 2.48. The lowest BCUT2D eigenvalue weighted by Gasteiger charge is -2.29. The number of nitro groups is 1. The number of carbonyl (C=O) groups excluding carboxylic acids is 2. The van der Waals surface area contributed by atoms with Gasteiger partial charge in [-0.1, -0.05) is 19.1 Å². The van der Waals surface area contributed by atoms with Gasteiger partial charge in [-0.25, -0.2) is 9.96 Å². The van der Waals surface area contributed by atoms with Crippen molar-refractivity contribution in [3.63, 3.8) is 0 Å². The molecule has 3 atom stereocenters. The third kappa shape index (κ3) is 4.48. The Morgan fingerprint density at radius 1 is 1.03 bits per heavy atom. The normalized spacial score (nSPS) is 20.6. The first-order valence-corrected chi connectivity index (χ1v) is 12.8. The molecule has 0 unspecified atom stereocenters. The molecule has 0 saturated carbocycles. The molecule has 38 heavy (non-hydrogen) atoms. The van der Waals surface area contributed by atoms with Crippen LogP contribution in [0.1, 0.15) is 24.9 Å². The number of nitro benzene ring substituents is 1. The van der Waals surface area contributed by atoms with Crippen LogP contribution >= 0.6 is 15.9 Å². The highest BCUT2D eigenvalue weighted by Gasteiger charge is 2.60. The molecule has 3 aromatic carbocycles. The number of nitrogens with zero attached hydrogens (tertiary/aromatic N) is 3. The van der Waals surface area contributed by atoms with E-state index in [9.17, 15) is 19.7 Å². The number of halogens is 1. The number of benzene rings is 3. The van der Waals surface area contributed by atoms with Gasteiger partial charge in [0.15, 0.2) is 6.10 Å². The van der Waals surface area contributed by atoms with Crippen LogP contribution in [0, 0.1) is 16.0 Å². The lowest BCUT2D eigenvalue weighted by molar-refractivity contribution is -0.384. The maximum atomic E-state index is 13.8. The fourth-order valence-electron chi connectivity index (χ4n) is 4.75. The zero-order valence-corrected chi connectivity index (χ0v) is 22.2. The lowest BCUT2D eigenvalue weighted by atomic mass is 9.90. The summed E-state index contributed by atoms with van der Waals surface area (Å²) in [6.45, 7) is 2.56.